The number of likely N-dealkylation sites (tertiary alicyclic amines) is 1. The lowest BCUT2D eigenvalue weighted by Gasteiger charge is -2.43. The number of nitrogens with zero attached hydrogens (tertiary/aromatic N) is 2. The van der Waals surface area contributed by atoms with E-state index in [2.05, 4.69) is 10.0 Å². The van der Waals surface area contributed by atoms with Crippen LogP contribution in [0.1, 0.15) is 31.4 Å². The number of urea groups is 1. The molecule has 1 aromatic heterocycles. The smallest absolute Gasteiger partial charge is 0.321 e. The Morgan fingerprint density at radius 1 is 1.12 bits per heavy atom. The molecule has 0 aliphatic carbocycles. The maximum absolute atomic E-state index is 12.9. The summed E-state index contributed by atoms with van der Waals surface area (Å²) in [5.74, 6) is 0.714. The van der Waals surface area contributed by atoms with Gasteiger partial charge in [0.15, 0.2) is 0 Å². The fourth-order valence-electron chi connectivity index (χ4n) is 4.63. The zero-order valence-electron chi connectivity index (χ0n) is 18.2. The zero-order chi connectivity index (χ0) is 22.9. The highest BCUT2D eigenvalue weighted by Crippen LogP contribution is 2.39. The minimum absolute atomic E-state index is 0.00918. The molecule has 1 fully saturated rings. The van der Waals surface area contributed by atoms with E-state index >= 15 is 0 Å². The SMILES string of the molecule is CCCS(=O)(=O)Nc1ccc(=O)n2c1C1CC(CN(C(=O)Nc3ccc(OC)cc3)C1)C2. The van der Waals surface area contributed by atoms with Crippen molar-refractivity contribution < 1.29 is 17.9 Å². The number of benzene rings is 1. The average Bonchev–Trinajstić information content (AvgIpc) is 2.76. The van der Waals surface area contributed by atoms with E-state index < -0.39 is 10.0 Å². The van der Waals surface area contributed by atoms with E-state index in [1.165, 1.54) is 12.1 Å². The van der Waals surface area contributed by atoms with Crippen LogP contribution in [0, 0.1) is 5.92 Å². The number of ether oxygens (including phenoxy) is 1. The fourth-order valence-corrected chi connectivity index (χ4v) is 5.78. The molecule has 4 rings (SSSR count). The van der Waals surface area contributed by atoms with E-state index in [0.717, 1.165) is 6.42 Å². The number of sulfonamides is 1. The van der Waals surface area contributed by atoms with Crippen LogP contribution in [-0.2, 0) is 16.6 Å². The Labute approximate surface area is 187 Å². The molecule has 2 atom stereocenters. The molecule has 1 saturated heterocycles. The Kier molecular flexibility index (Phi) is 6.14. The Morgan fingerprint density at radius 3 is 2.56 bits per heavy atom. The Balaban J connectivity index is 1.57. The van der Waals surface area contributed by atoms with Crippen LogP contribution in [-0.4, -0.2) is 49.9 Å². The highest BCUT2D eigenvalue weighted by molar-refractivity contribution is 7.92. The molecule has 3 heterocycles. The summed E-state index contributed by atoms with van der Waals surface area (Å²) in [4.78, 5) is 27.2. The van der Waals surface area contributed by atoms with Crippen molar-refractivity contribution in [1.82, 2.24) is 9.47 Å². The molecule has 2 unspecified atom stereocenters. The second kappa shape index (κ2) is 8.85. The molecule has 32 heavy (non-hydrogen) atoms. The third-order valence-corrected chi connectivity index (χ3v) is 7.43. The predicted molar refractivity (Wildman–Crippen MR) is 123 cm³/mol. The minimum Gasteiger partial charge on any atom is -0.497 e. The molecule has 10 heteroatoms. The molecule has 0 spiro atoms. The molecular weight excluding hydrogens is 432 g/mol. The van der Waals surface area contributed by atoms with Crippen LogP contribution in [0.2, 0.25) is 0 Å². The first-order valence-electron chi connectivity index (χ1n) is 10.7. The van der Waals surface area contributed by atoms with Crippen LogP contribution >= 0.6 is 0 Å². The van der Waals surface area contributed by atoms with Crippen molar-refractivity contribution in [3.63, 3.8) is 0 Å². The topological polar surface area (TPSA) is 110 Å². The van der Waals surface area contributed by atoms with Crippen LogP contribution < -0.4 is 20.3 Å². The molecule has 0 saturated carbocycles. The lowest BCUT2D eigenvalue weighted by atomic mass is 9.82. The van der Waals surface area contributed by atoms with Crippen molar-refractivity contribution in [2.45, 2.75) is 32.2 Å². The van der Waals surface area contributed by atoms with Crippen molar-refractivity contribution in [3.05, 3.63) is 52.4 Å². The molecule has 2 amide bonds. The summed E-state index contributed by atoms with van der Waals surface area (Å²) in [5, 5.41) is 2.91. The molecule has 2 aliphatic rings. The van der Waals surface area contributed by atoms with Crippen molar-refractivity contribution in [3.8, 4) is 5.75 Å². The lowest BCUT2D eigenvalue weighted by Crippen LogP contribution is -2.50. The van der Waals surface area contributed by atoms with E-state index in [1.54, 1.807) is 47.8 Å². The number of aromatic nitrogens is 1. The summed E-state index contributed by atoms with van der Waals surface area (Å²) in [7, 11) is -1.92. The van der Waals surface area contributed by atoms with Gasteiger partial charge in [0.05, 0.1) is 24.2 Å². The molecule has 0 radical (unpaired) electrons. The van der Waals surface area contributed by atoms with E-state index in [0.29, 0.717) is 48.9 Å². The van der Waals surface area contributed by atoms with Crippen molar-refractivity contribution in [1.29, 1.82) is 0 Å². The molecule has 2 N–H and O–H groups in total. The molecule has 2 aliphatic heterocycles. The summed E-state index contributed by atoms with van der Waals surface area (Å²) < 4.78 is 34.2. The maximum Gasteiger partial charge on any atom is 0.321 e. The monoisotopic (exact) mass is 460 g/mol. The molecule has 2 aromatic rings. The van der Waals surface area contributed by atoms with Crippen LogP contribution in [0.3, 0.4) is 0 Å². The van der Waals surface area contributed by atoms with Gasteiger partial charge in [0.2, 0.25) is 10.0 Å². The molecule has 2 bridgehead atoms. The molecular formula is C22H28N4O5S. The van der Waals surface area contributed by atoms with Crippen LogP contribution in [0.25, 0.3) is 0 Å². The van der Waals surface area contributed by atoms with E-state index in [4.69, 9.17) is 4.74 Å². The third-order valence-electron chi connectivity index (χ3n) is 5.96. The summed E-state index contributed by atoms with van der Waals surface area (Å²) >= 11 is 0. The van der Waals surface area contributed by atoms with Gasteiger partial charge in [-0.15, -0.1) is 0 Å². The second-order valence-corrected chi connectivity index (χ2v) is 10.2. The Morgan fingerprint density at radius 2 is 1.88 bits per heavy atom. The number of carbonyl (C=O) groups is 1. The summed E-state index contributed by atoms with van der Waals surface area (Å²) in [5.41, 5.74) is 1.61. The van der Waals surface area contributed by atoms with Crippen molar-refractivity contribution >= 4 is 27.4 Å². The van der Waals surface area contributed by atoms with Gasteiger partial charge in [0.25, 0.3) is 5.56 Å². The number of piperidine rings is 1. The van der Waals surface area contributed by atoms with E-state index in [-0.39, 0.29) is 29.2 Å². The first kappa shape index (κ1) is 22.2. The number of hydrogen-bond donors (Lipinski definition) is 2. The summed E-state index contributed by atoms with van der Waals surface area (Å²) in [6.07, 6.45) is 1.30. The number of hydrogen-bond acceptors (Lipinski definition) is 5. The Hall–Kier alpha value is -3.01. The number of rotatable bonds is 6. The van der Waals surface area contributed by atoms with Crippen molar-refractivity contribution in [2.75, 3.05) is 36.0 Å². The number of methoxy groups -OCH3 is 1. The zero-order valence-corrected chi connectivity index (χ0v) is 19.0. The number of pyridine rings is 1. The van der Waals surface area contributed by atoms with Crippen LogP contribution in [0.4, 0.5) is 16.2 Å². The van der Waals surface area contributed by atoms with E-state index in [1.807, 2.05) is 0 Å². The third kappa shape index (κ3) is 4.59. The number of fused-ring (bicyclic) bond motifs is 4. The summed E-state index contributed by atoms with van der Waals surface area (Å²) in [6, 6.07) is 9.83. The van der Waals surface area contributed by atoms with E-state index in [9.17, 15) is 18.0 Å². The lowest BCUT2D eigenvalue weighted by molar-refractivity contribution is 0.140. The van der Waals surface area contributed by atoms with Gasteiger partial charge in [-0.1, -0.05) is 6.92 Å². The maximum atomic E-state index is 12.9. The first-order valence-corrected chi connectivity index (χ1v) is 12.4. The van der Waals surface area contributed by atoms with Gasteiger partial charge in [0.1, 0.15) is 5.75 Å². The molecule has 1 aromatic carbocycles. The number of amides is 2. The normalized spacial score (nSPS) is 19.8. The summed E-state index contributed by atoms with van der Waals surface area (Å²) in [6.45, 7) is 3.20. The number of anilines is 2. The van der Waals surface area contributed by atoms with Gasteiger partial charge in [-0.3, -0.25) is 9.52 Å². The fraction of sp³-hybridized carbons (Fsp3) is 0.455. The van der Waals surface area contributed by atoms with Crippen LogP contribution in [0.15, 0.2) is 41.2 Å². The molecule has 9 nitrogen and oxygen atoms in total. The minimum atomic E-state index is -3.50. The van der Waals surface area contributed by atoms with Gasteiger partial charge in [-0.2, -0.15) is 0 Å². The Bertz CT molecular complexity index is 1160. The highest BCUT2D eigenvalue weighted by Gasteiger charge is 2.38. The van der Waals surface area contributed by atoms with Gasteiger partial charge in [-0.05, 0) is 49.1 Å². The van der Waals surface area contributed by atoms with Crippen molar-refractivity contribution in [2.24, 2.45) is 5.92 Å². The average molecular weight is 461 g/mol. The van der Waals surface area contributed by atoms with Gasteiger partial charge >= 0.3 is 6.03 Å². The number of nitrogens with one attached hydrogen (secondary N) is 2. The van der Waals surface area contributed by atoms with Gasteiger partial charge in [0, 0.05) is 37.3 Å². The quantitative estimate of drug-likeness (QED) is 0.689. The standard InChI is InChI=1S/C22H28N4O5S/c1-3-10-32(29,30)24-19-8-9-20(27)26-13-15-11-16(21(19)26)14-25(12-15)22(28)23-17-4-6-18(31-2)7-5-17/h4-9,15-16,24H,3,10-14H2,1-2H3,(H,23,28). The largest absolute Gasteiger partial charge is 0.497 e. The highest BCUT2D eigenvalue weighted by atomic mass is 32.2. The second-order valence-electron chi connectivity index (χ2n) is 8.36. The predicted octanol–water partition coefficient (Wildman–Crippen LogP) is 2.66. The van der Waals surface area contributed by atoms with Gasteiger partial charge < -0.3 is 19.5 Å². The first-order chi connectivity index (χ1) is 15.3. The number of carbonyl (C=O) groups excluding carboxylic acids is 1. The molecule has 172 valence electrons. The van der Waals surface area contributed by atoms with Gasteiger partial charge in [-0.25, -0.2) is 13.2 Å². The van der Waals surface area contributed by atoms with Crippen LogP contribution in [0.5, 0.6) is 5.75 Å².